The van der Waals surface area contributed by atoms with Crippen LogP contribution in [0.5, 0.6) is 0 Å². The molecule has 1 N–H and O–H groups in total. The lowest BCUT2D eigenvalue weighted by Crippen LogP contribution is -2.31. The van der Waals surface area contributed by atoms with E-state index in [4.69, 9.17) is 4.42 Å². The largest absolute Gasteiger partial charge is 0.450 e. The highest BCUT2D eigenvalue weighted by Crippen LogP contribution is 2.38. The number of benzene rings is 2. The van der Waals surface area contributed by atoms with Crippen LogP contribution in [0.3, 0.4) is 0 Å². The van der Waals surface area contributed by atoms with E-state index in [9.17, 15) is 19.1 Å². The van der Waals surface area contributed by atoms with Crippen molar-refractivity contribution in [1.82, 2.24) is 4.90 Å². The van der Waals surface area contributed by atoms with Crippen molar-refractivity contribution < 1.29 is 18.7 Å². The maximum absolute atomic E-state index is 13.8. The maximum Gasteiger partial charge on any atom is 0.290 e. The molecule has 1 aliphatic heterocycles. The summed E-state index contributed by atoms with van der Waals surface area (Å²) < 4.78 is 20.3. The Morgan fingerprint density at radius 2 is 2.00 bits per heavy atom. The van der Waals surface area contributed by atoms with Crippen LogP contribution in [-0.4, -0.2) is 29.1 Å². The molecule has 27 heavy (non-hydrogen) atoms. The van der Waals surface area contributed by atoms with Crippen molar-refractivity contribution in [3.63, 3.8) is 0 Å². The van der Waals surface area contributed by atoms with Crippen LogP contribution in [-0.2, 0) is 0 Å². The Morgan fingerprint density at radius 3 is 2.74 bits per heavy atom. The summed E-state index contributed by atoms with van der Waals surface area (Å²) >= 11 is 3.34. The van der Waals surface area contributed by atoms with Gasteiger partial charge in [-0.3, -0.25) is 9.59 Å². The molecule has 0 radical (unpaired) electrons. The van der Waals surface area contributed by atoms with Gasteiger partial charge in [0, 0.05) is 17.6 Å². The fourth-order valence-electron chi connectivity index (χ4n) is 3.49. The number of halogens is 2. The first-order valence-corrected chi connectivity index (χ1v) is 9.24. The normalized spacial score (nSPS) is 16.2. The Hall–Kier alpha value is -2.51. The Labute approximate surface area is 162 Å². The number of carbonyl (C=O) groups is 1. The molecule has 2 heterocycles. The number of aliphatic hydroxyl groups excluding tert-OH is 1. The number of aliphatic hydroxyl groups is 1. The summed E-state index contributed by atoms with van der Waals surface area (Å²) in [6.07, 6.45) is 0.338. The first-order valence-electron chi connectivity index (χ1n) is 8.45. The minimum absolute atomic E-state index is 0.0259. The molecule has 138 valence electrons. The molecule has 1 amide bonds. The molecule has 0 fully saturated rings. The Kier molecular flexibility index (Phi) is 4.57. The number of amides is 1. The van der Waals surface area contributed by atoms with Crippen molar-refractivity contribution >= 4 is 32.8 Å². The molecular weight excluding hydrogens is 417 g/mol. The van der Waals surface area contributed by atoms with E-state index in [-0.39, 0.29) is 29.9 Å². The average Bonchev–Trinajstić information content (AvgIpc) is 2.93. The monoisotopic (exact) mass is 431 g/mol. The van der Waals surface area contributed by atoms with E-state index in [1.165, 1.54) is 23.1 Å². The quantitative estimate of drug-likeness (QED) is 0.684. The molecule has 7 heteroatoms. The van der Waals surface area contributed by atoms with Gasteiger partial charge in [-0.25, -0.2) is 4.39 Å². The zero-order valence-electron chi connectivity index (χ0n) is 14.1. The number of rotatable bonds is 4. The third kappa shape index (κ3) is 2.96. The molecule has 3 aromatic rings. The molecule has 0 bridgehead atoms. The minimum atomic E-state index is -0.755. The maximum atomic E-state index is 13.8. The van der Waals surface area contributed by atoms with Crippen LogP contribution in [0.4, 0.5) is 4.39 Å². The van der Waals surface area contributed by atoms with E-state index in [1.807, 2.05) is 0 Å². The van der Waals surface area contributed by atoms with Crippen LogP contribution in [0.1, 0.15) is 34.1 Å². The topological polar surface area (TPSA) is 70.8 Å². The van der Waals surface area contributed by atoms with Crippen LogP contribution in [0.15, 0.2) is 56.1 Å². The van der Waals surface area contributed by atoms with Gasteiger partial charge in [-0.15, -0.1) is 0 Å². The summed E-state index contributed by atoms with van der Waals surface area (Å²) in [7, 11) is 0. The lowest BCUT2D eigenvalue weighted by atomic mass is 9.98. The van der Waals surface area contributed by atoms with Gasteiger partial charge in [-0.05, 0) is 42.3 Å². The average molecular weight is 432 g/mol. The highest BCUT2D eigenvalue weighted by atomic mass is 79.9. The zero-order chi connectivity index (χ0) is 19.1. The second-order valence-electron chi connectivity index (χ2n) is 6.35. The van der Waals surface area contributed by atoms with E-state index < -0.39 is 17.8 Å². The van der Waals surface area contributed by atoms with Crippen LogP contribution in [0.25, 0.3) is 11.0 Å². The molecule has 1 aromatic heterocycles. The third-order valence-corrected chi connectivity index (χ3v) is 5.14. The molecule has 1 unspecified atom stereocenters. The van der Waals surface area contributed by atoms with Gasteiger partial charge in [0.25, 0.3) is 5.91 Å². The van der Waals surface area contributed by atoms with E-state index in [2.05, 4.69) is 15.9 Å². The van der Waals surface area contributed by atoms with Crippen LogP contribution in [0, 0.1) is 5.82 Å². The Balaban J connectivity index is 1.99. The molecule has 0 saturated carbocycles. The van der Waals surface area contributed by atoms with E-state index in [0.717, 1.165) is 0 Å². The summed E-state index contributed by atoms with van der Waals surface area (Å²) in [4.78, 5) is 27.6. The number of carbonyl (C=O) groups excluding carboxylic acids is 1. The summed E-state index contributed by atoms with van der Waals surface area (Å²) in [6, 6.07) is 10.1. The van der Waals surface area contributed by atoms with E-state index in [0.29, 0.717) is 27.4 Å². The van der Waals surface area contributed by atoms with Crippen molar-refractivity contribution in [3.8, 4) is 0 Å². The molecule has 0 spiro atoms. The molecular formula is C20H15BrFNO4. The Morgan fingerprint density at radius 1 is 1.19 bits per heavy atom. The fraction of sp³-hybridized carbons (Fsp3) is 0.200. The molecule has 1 atom stereocenters. The van der Waals surface area contributed by atoms with Gasteiger partial charge in [0.05, 0.1) is 17.0 Å². The van der Waals surface area contributed by atoms with Gasteiger partial charge in [0.1, 0.15) is 11.4 Å². The lowest BCUT2D eigenvalue weighted by Gasteiger charge is -2.24. The van der Waals surface area contributed by atoms with Gasteiger partial charge in [0.15, 0.2) is 5.43 Å². The molecule has 0 saturated heterocycles. The number of nitrogens with zero attached hydrogens (tertiary/aromatic N) is 1. The molecule has 2 aromatic carbocycles. The molecule has 4 rings (SSSR count). The SMILES string of the molecule is O=C1c2oc3ccc(Br)cc3c(=O)c2C(c2cccc(F)c2)N1CCCO. The van der Waals surface area contributed by atoms with Gasteiger partial charge in [-0.2, -0.15) is 0 Å². The third-order valence-electron chi connectivity index (χ3n) is 4.65. The summed E-state index contributed by atoms with van der Waals surface area (Å²) in [6.45, 7) is 0.118. The first kappa shape index (κ1) is 17.9. The van der Waals surface area contributed by atoms with Crippen molar-refractivity contribution in [3.05, 3.63) is 79.9 Å². The van der Waals surface area contributed by atoms with Gasteiger partial charge >= 0.3 is 0 Å². The lowest BCUT2D eigenvalue weighted by molar-refractivity contribution is 0.0716. The second-order valence-corrected chi connectivity index (χ2v) is 7.26. The van der Waals surface area contributed by atoms with Gasteiger partial charge in [-0.1, -0.05) is 28.1 Å². The zero-order valence-corrected chi connectivity index (χ0v) is 15.7. The minimum Gasteiger partial charge on any atom is -0.450 e. The highest BCUT2D eigenvalue weighted by Gasteiger charge is 2.42. The summed E-state index contributed by atoms with van der Waals surface area (Å²) in [5.41, 5.74) is 0.690. The summed E-state index contributed by atoms with van der Waals surface area (Å²) in [5, 5.41) is 9.53. The smallest absolute Gasteiger partial charge is 0.290 e. The van der Waals surface area contributed by atoms with Crippen LogP contribution >= 0.6 is 15.9 Å². The van der Waals surface area contributed by atoms with Crippen molar-refractivity contribution in [2.75, 3.05) is 13.2 Å². The number of hydrogen-bond donors (Lipinski definition) is 1. The van der Waals surface area contributed by atoms with Gasteiger partial charge < -0.3 is 14.4 Å². The standard InChI is InChI=1S/C20H15BrFNO4/c21-12-5-6-15-14(10-12)18(25)16-17(11-3-1-4-13(22)9-11)23(7-2-8-24)20(26)19(16)27-15/h1,3-6,9-10,17,24H,2,7-8H2. The summed E-state index contributed by atoms with van der Waals surface area (Å²) in [5.74, 6) is -0.917. The first-order chi connectivity index (χ1) is 13.0. The highest BCUT2D eigenvalue weighted by molar-refractivity contribution is 9.10. The molecule has 5 nitrogen and oxygen atoms in total. The predicted octanol–water partition coefficient (Wildman–Crippen LogP) is 3.62. The van der Waals surface area contributed by atoms with Crippen molar-refractivity contribution in [1.29, 1.82) is 0 Å². The predicted molar refractivity (Wildman–Crippen MR) is 101 cm³/mol. The Bertz CT molecular complexity index is 1110. The number of hydrogen-bond acceptors (Lipinski definition) is 4. The fourth-order valence-corrected chi connectivity index (χ4v) is 3.85. The second kappa shape index (κ2) is 6.90. The molecule has 1 aliphatic rings. The molecule has 0 aliphatic carbocycles. The van der Waals surface area contributed by atoms with E-state index >= 15 is 0 Å². The van der Waals surface area contributed by atoms with Crippen molar-refractivity contribution in [2.45, 2.75) is 12.5 Å². The van der Waals surface area contributed by atoms with Crippen molar-refractivity contribution in [2.24, 2.45) is 0 Å². The van der Waals surface area contributed by atoms with Crippen LogP contribution < -0.4 is 5.43 Å². The van der Waals surface area contributed by atoms with Gasteiger partial charge in [0.2, 0.25) is 5.76 Å². The number of fused-ring (bicyclic) bond motifs is 2. The van der Waals surface area contributed by atoms with Crippen LogP contribution in [0.2, 0.25) is 0 Å². The van der Waals surface area contributed by atoms with E-state index in [1.54, 1.807) is 24.3 Å².